The highest BCUT2D eigenvalue weighted by Gasteiger charge is 2.18. The zero-order valence-corrected chi connectivity index (χ0v) is 21.0. The van der Waals surface area contributed by atoms with E-state index in [9.17, 15) is 4.79 Å². The van der Waals surface area contributed by atoms with E-state index in [0.29, 0.717) is 40.1 Å². The van der Waals surface area contributed by atoms with Gasteiger partial charge in [-0.05, 0) is 39.2 Å². The molecule has 1 aliphatic heterocycles. The van der Waals surface area contributed by atoms with Gasteiger partial charge in [-0.2, -0.15) is 4.52 Å². The second-order valence-corrected chi connectivity index (χ2v) is 9.03. The molecular formula is C26H28N8O3. The molecule has 1 fully saturated rings. The van der Waals surface area contributed by atoms with Gasteiger partial charge in [0, 0.05) is 54.8 Å². The third-order valence-corrected chi connectivity index (χ3v) is 6.15. The molecule has 37 heavy (non-hydrogen) atoms. The highest BCUT2D eigenvalue weighted by molar-refractivity contribution is 5.96. The quantitative estimate of drug-likeness (QED) is 0.334. The zero-order chi connectivity index (χ0) is 25.8. The molecule has 0 unspecified atom stereocenters. The third kappa shape index (κ3) is 5.47. The van der Waals surface area contributed by atoms with E-state index in [0.717, 1.165) is 17.1 Å². The summed E-state index contributed by atoms with van der Waals surface area (Å²) in [5.74, 6) is 1.54. The molecule has 0 N–H and O–H groups in total. The maximum atomic E-state index is 10.8. The molecule has 0 bridgehead atoms. The lowest BCUT2D eigenvalue weighted by Crippen LogP contribution is -2.42. The largest absolute Gasteiger partial charge is 0.470 e. The van der Waals surface area contributed by atoms with Gasteiger partial charge in [-0.15, -0.1) is 15.3 Å². The van der Waals surface area contributed by atoms with Gasteiger partial charge in [0.15, 0.2) is 17.6 Å². The zero-order valence-electron chi connectivity index (χ0n) is 21.0. The first-order valence-electron chi connectivity index (χ1n) is 12.0. The molecular weight excluding hydrogens is 472 g/mol. The van der Waals surface area contributed by atoms with E-state index in [1.165, 1.54) is 32.4 Å². The fraction of sp³-hybridized carbons (Fsp3) is 0.308. The molecule has 5 heterocycles. The smallest absolute Gasteiger partial charge is 0.240 e. The first-order valence-corrected chi connectivity index (χ1v) is 12.0. The molecule has 0 aliphatic carbocycles. The Bertz CT molecular complexity index is 1490. The standard InChI is InChI=1S/C20H14N6O3.C6H14N2/c1-12-8-17(25-29-12)19-23-22-18-15-4-2-3-5-16(15)20(24-26(18)19)28-11-14-7-6-13(10-27)9-21-14;1-7-3-5-8(2)6-4-7/h2-10H,11H2,1H3;3-6H2,1-2H3. The van der Waals surface area contributed by atoms with Crippen molar-refractivity contribution in [1.29, 1.82) is 0 Å². The highest BCUT2D eigenvalue weighted by atomic mass is 16.5. The normalized spacial score (nSPS) is 14.5. The summed E-state index contributed by atoms with van der Waals surface area (Å²) in [6.45, 7) is 6.93. The van der Waals surface area contributed by atoms with Crippen LogP contribution >= 0.6 is 0 Å². The summed E-state index contributed by atoms with van der Waals surface area (Å²) in [6.07, 6.45) is 2.26. The van der Waals surface area contributed by atoms with Crippen LogP contribution in [0.5, 0.6) is 5.88 Å². The number of likely N-dealkylation sites (N-methyl/N-ethyl adjacent to an activating group) is 2. The molecule has 0 amide bonds. The second kappa shape index (κ2) is 10.8. The monoisotopic (exact) mass is 500 g/mol. The average molecular weight is 501 g/mol. The Balaban J connectivity index is 0.000000301. The predicted molar refractivity (Wildman–Crippen MR) is 137 cm³/mol. The van der Waals surface area contributed by atoms with Crippen LogP contribution < -0.4 is 4.74 Å². The maximum Gasteiger partial charge on any atom is 0.240 e. The van der Waals surface area contributed by atoms with Crippen molar-refractivity contribution in [3.63, 3.8) is 0 Å². The van der Waals surface area contributed by atoms with Gasteiger partial charge >= 0.3 is 0 Å². The van der Waals surface area contributed by atoms with Crippen molar-refractivity contribution in [3.8, 4) is 17.4 Å². The number of aromatic nitrogens is 6. The van der Waals surface area contributed by atoms with E-state index in [1.54, 1.807) is 29.6 Å². The Labute approximate surface area is 213 Å². The lowest BCUT2D eigenvalue weighted by Gasteiger charge is -2.28. The summed E-state index contributed by atoms with van der Waals surface area (Å²) < 4.78 is 12.7. The van der Waals surface area contributed by atoms with Gasteiger partial charge in [-0.3, -0.25) is 9.78 Å². The minimum Gasteiger partial charge on any atom is -0.470 e. The van der Waals surface area contributed by atoms with Crippen LogP contribution in [0.4, 0.5) is 0 Å². The topological polar surface area (TPSA) is 115 Å². The van der Waals surface area contributed by atoms with E-state index in [2.05, 4.69) is 49.3 Å². The van der Waals surface area contributed by atoms with Gasteiger partial charge in [0.1, 0.15) is 12.4 Å². The second-order valence-electron chi connectivity index (χ2n) is 9.03. The molecule has 4 aromatic heterocycles. The van der Waals surface area contributed by atoms with Crippen LogP contribution in [-0.4, -0.2) is 86.3 Å². The van der Waals surface area contributed by atoms with Crippen molar-refractivity contribution in [1.82, 2.24) is 39.8 Å². The molecule has 1 aliphatic rings. The lowest BCUT2D eigenvalue weighted by atomic mass is 10.2. The summed E-state index contributed by atoms with van der Waals surface area (Å²) in [7, 11) is 4.35. The number of pyridine rings is 1. The number of benzene rings is 1. The Morgan fingerprint density at radius 2 is 1.73 bits per heavy atom. The van der Waals surface area contributed by atoms with Crippen molar-refractivity contribution in [3.05, 3.63) is 65.7 Å². The Morgan fingerprint density at radius 1 is 1.00 bits per heavy atom. The minimum absolute atomic E-state index is 0.197. The number of aldehydes is 1. The van der Waals surface area contributed by atoms with Crippen molar-refractivity contribution < 1.29 is 14.1 Å². The first-order chi connectivity index (χ1) is 18.0. The van der Waals surface area contributed by atoms with E-state index < -0.39 is 0 Å². The van der Waals surface area contributed by atoms with E-state index >= 15 is 0 Å². The number of rotatable bonds is 5. The number of hydrogen-bond acceptors (Lipinski definition) is 10. The molecule has 11 nitrogen and oxygen atoms in total. The number of aryl methyl sites for hydroxylation is 1. The van der Waals surface area contributed by atoms with Crippen LogP contribution in [0.25, 0.3) is 27.9 Å². The van der Waals surface area contributed by atoms with Gasteiger partial charge in [-0.25, -0.2) is 0 Å². The first kappa shape index (κ1) is 24.5. The fourth-order valence-electron chi connectivity index (χ4n) is 3.93. The number of nitrogens with zero attached hydrogens (tertiary/aromatic N) is 8. The SMILES string of the molecule is CN1CCN(C)CC1.Cc1cc(-c2nnc3c4ccccc4c(OCc4ccc(C=O)cn4)nn23)no1. The molecule has 1 saturated heterocycles. The fourth-order valence-corrected chi connectivity index (χ4v) is 3.93. The average Bonchev–Trinajstić information content (AvgIpc) is 3.55. The molecule has 190 valence electrons. The van der Waals surface area contributed by atoms with Crippen LogP contribution in [0.1, 0.15) is 21.8 Å². The number of ether oxygens (including phenoxy) is 1. The van der Waals surface area contributed by atoms with Crippen molar-refractivity contribution in [2.24, 2.45) is 0 Å². The molecule has 0 spiro atoms. The summed E-state index contributed by atoms with van der Waals surface area (Å²) in [5, 5.41) is 18.8. The number of piperazine rings is 1. The summed E-state index contributed by atoms with van der Waals surface area (Å²) >= 11 is 0. The molecule has 1 aromatic carbocycles. The van der Waals surface area contributed by atoms with Crippen molar-refractivity contribution in [2.75, 3.05) is 40.3 Å². The highest BCUT2D eigenvalue weighted by Crippen LogP contribution is 2.29. The molecule has 5 aromatic rings. The molecule has 6 rings (SSSR count). The minimum atomic E-state index is 0.197. The van der Waals surface area contributed by atoms with Gasteiger partial charge in [0.25, 0.3) is 0 Å². The summed E-state index contributed by atoms with van der Waals surface area (Å²) in [4.78, 5) is 19.7. The van der Waals surface area contributed by atoms with Gasteiger partial charge in [0.05, 0.1) is 5.69 Å². The van der Waals surface area contributed by atoms with Crippen LogP contribution in [-0.2, 0) is 6.61 Å². The van der Waals surface area contributed by atoms with E-state index in [-0.39, 0.29) is 6.61 Å². The molecule has 0 saturated carbocycles. The van der Waals surface area contributed by atoms with Gasteiger partial charge in [0.2, 0.25) is 11.7 Å². The predicted octanol–water partition coefficient (Wildman–Crippen LogP) is 2.89. The summed E-state index contributed by atoms with van der Waals surface area (Å²) in [6, 6.07) is 12.9. The number of carbonyl (C=O) groups excluding carboxylic acids is 1. The Hall–Kier alpha value is -4.22. The number of hydrogen-bond donors (Lipinski definition) is 0. The Morgan fingerprint density at radius 3 is 2.35 bits per heavy atom. The molecule has 0 radical (unpaired) electrons. The van der Waals surface area contributed by atoms with Crippen LogP contribution in [0, 0.1) is 6.92 Å². The van der Waals surface area contributed by atoms with E-state index in [4.69, 9.17) is 9.26 Å². The van der Waals surface area contributed by atoms with Crippen molar-refractivity contribution >= 4 is 22.7 Å². The molecule has 0 atom stereocenters. The van der Waals surface area contributed by atoms with Gasteiger partial charge in [-0.1, -0.05) is 23.4 Å². The van der Waals surface area contributed by atoms with Crippen LogP contribution in [0.15, 0.2) is 53.2 Å². The van der Waals surface area contributed by atoms with Crippen LogP contribution in [0.2, 0.25) is 0 Å². The maximum absolute atomic E-state index is 10.8. The lowest BCUT2D eigenvalue weighted by molar-refractivity contribution is 0.112. The Kier molecular flexibility index (Phi) is 7.15. The number of fused-ring (bicyclic) bond motifs is 3. The third-order valence-electron chi connectivity index (χ3n) is 6.15. The summed E-state index contributed by atoms with van der Waals surface area (Å²) in [5.41, 5.74) is 2.32. The van der Waals surface area contributed by atoms with Crippen LogP contribution in [0.3, 0.4) is 0 Å². The van der Waals surface area contributed by atoms with Crippen molar-refractivity contribution in [2.45, 2.75) is 13.5 Å². The van der Waals surface area contributed by atoms with E-state index in [1.807, 2.05) is 24.3 Å². The van der Waals surface area contributed by atoms with Gasteiger partial charge < -0.3 is 19.1 Å². The number of carbonyl (C=O) groups is 1. The molecule has 11 heteroatoms.